The van der Waals surface area contributed by atoms with Crippen LogP contribution in [-0.2, 0) is 13.1 Å². The lowest BCUT2D eigenvalue weighted by atomic mass is 10.2. The number of aromatic nitrogens is 2. The number of nitrogens with two attached hydrogens (primary N) is 1. The molecule has 0 aliphatic carbocycles. The average molecular weight is 290 g/mol. The van der Waals surface area contributed by atoms with Gasteiger partial charge in [0.15, 0.2) is 0 Å². The molecular weight excluding hydrogens is 268 g/mol. The Hall–Kier alpha value is -1.46. The molecule has 2 aromatic rings. The molecule has 5 heteroatoms. The molecule has 0 spiro atoms. The van der Waals surface area contributed by atoms with E-state index in [2.05, 4.69) is 47.7 Å². The maximum absolute atomic E-state index is 5.69. The third-order valence-electron chi connectivity index (χ3n) is 3.33. The van der Waals surface area contributed by atoms with Crippen molar-refractivity contribution in [3.8, 4) is 0 Å². The van der Waals surface area contributed by atoms with E-state index in [0.717, 1.165) is 31.7 Å². The van der Waals surface area contributed by atoms with Crippen molar-refractivity contribution in [3.63, 3.8) is 0 Å². The number of para-hydroxylation sites is 1. The maximum atomic E-state index is 5.69. The molecule has 108 valence electrons. The summed E-state index contributed by atoms with van der Waals surface area (Å²) in [6.07, 6.45) is 1.08. The zero-order valence-corrected chi connectivity index (χ0v) is 13.0. The van der Waals surface area contributed by atoms with Crippen molar-refractivity contribution in [1.29, 1.82) is 0 Å². The summed E-state index contributed by atoms with van der Waals surface area (Å²) in [7, 11) is 0. The SMILES string of the molecule is CCCN(CC(N)=S)Cc1nn(CC)c2ccccc12. The topological polar surface area (TPSA) is 47.1 Å². The summed E-state index contributed by atoms with van der Waals surface area (Å²) in [6.45, 7) is 7.57. The van der Waals surface area contributed by atoms with Gasteiger partial charge in [-0.1, -0.05) is 37.3 Å². The summed E-state index contributed by atoms with van der Waals surface area (Å²) < 4.78 is 2.05. The normalized spacial score (nSPS) is 11.3. The van der Waals surface area contributed by atoms with Crippen LogP contribution in [-0.4, -0.2) is 32.8 Å². The van der Waals surface area contributed by atoms with E-state index < -0.39 is 0 Å². The van der Waals surface area contributed by atoms with Crippen molar-refractivity contribution < 1.29 is 0 Å². The molecule has 4 nitrogen and oxygen atoms in total. The fraction of sp³-hybridized carbons (Fsp3) is 0.467. The van der Waals surface area contributed by atoms with Gasteiger partial charge >= 0.3 is 0 Å². The zero-order chi connectivity index (χ0) is 14.5. The Kier molecular flexibility index (Phi) is 5.09. The smallest absolute Gasteiger partial charge is 0.0870 e. The Morgan fingerprint density at radius 2 is 2.10 bits per heavy atom. The van der Waals surface area contributed by atoms with Crippen molar-refractivity contribution in [2.24, 2.45) is 5.73 Å². The molecule has 1 aromatic heterocycles. The highest BCUT2D eigenvalue weighted by atomic mass is 32.1. The van der Waals surface area contributed by atoms with Crippen molar-refractivity contribution >= 4 is 28.1 Å². The lowest BCUT2D eigenvalue weighted by Gasteiger charge is -2.19. The number of hydrogen-bond acceptors (Lipinski definition) is 3. The van der Waals surface area contributed by atoms with E-state index in [-0.39, 0.29) is 0 Å². The quantitative estimate of drug-likeness (QED) is 0.796. The first kappa shape index (κ1) is 14.9. The van der Waals surface area contributed by atoms with Crippen LogP contribution < -0.4 is 5.73 Å². The first-order valence-electron chi connectivity index (χ1n) is 7.10. The lowest BCUT2D eigenvalue weighted by Crippen LogP contribution is -2.33. The van der Waals surface area contributed by atoms with Crippen LogP contribution in [0.1, 0.15) is 26.0 Å². The summed E-state index contributed by atoms with van der Waals surface area (Å²) in [5.41, 5.74) is 7.98. The van der Waals surface area contributed by atoms with Crippen LogP contribution in [0.15, 0.2) is 24.3 Å². The van der Waals surface area contributed by atoms with Gasteiger partial charge in [0.2, 0.25) is 0 Å². The Balaban J connectivity index is 2.29. The molecule has 20 heavy (non-hydrogen) atoms. The first-order chi connectivity index (χ1) is 9.65. The van der Waals surface area contributed by atoms with E-state index in [4.69, 9.17) is 23.1 Å². The number of rotatable bonds is 7. The van der Waals surface area contributed by atoms with Gasteiger partial charge < -0.3 is 5.73 Å². The molecule has 0 atom stereocenters. The molecule has 0 aliphatic rings. The summed E-state index contributed by atoms with van der Waals surface area (Å²) in [5, 5.41) is 5.95. The van der Waals surface area contributed by atoms with Gasteiger partial charge in [-0.2, -0.15) is 5.10 Å². The zero-order valence-electron chi connectivity index (χ0n) is 12.2. The second-order valence-corrected chi connectivity index (χ2v) is 5.48. The van der Waals surface area contributed by atoms with Gasteiger partial charge in [0.05, 0.1) is 16.2 Å². The van der Waals surface area contributed by atoms with E-state index >= 15 is 0 Å². The number of fused-ring (bicyclic) bond motifs is 1. The number of aryl methyl sites for hydroxylation is 1. The van der Waals surface area contributed by atoms with Gasteiger partial charge in [-0.3, -0.25) is 9.58 Å². The second kappa shape index (κ2) is 6.81. The highest BCUT2D eigenvalue weighted by Gasteiger charge is 2.13. The predicted octanol–water partition coefficient (Wildman–Crippen LogP) is 2.55. The fourth-order valence-electron chi connectivity index (χ4n) is 2.52. The average Bonchev–Trinajstić information content (AvgIpc) is 2.77. The van der Waals surface area contributed by atoms with Crippen molar-refractivity contribution in [2.75, 3.05) is 13.1 Å². The lowest BCUT2D eigenvalue weighted by molar-refractivity contribution is 0.300. The molecule has 0 fully saturated rings. The number of benzene rings is 1. The van der Waals surface area contributed by atoms with Crippen molar-refractivity contribution in [1.82, 2.24) is 14.7 Å². The van der Waals surface area contributed by atoms with Gasteiger partial charge in [0, 0.05) is 25.0 Å². The minimum Gasteiger partial charge on any atom is -0.392 e. The van der Waals surface area contributed by atoms with Crippen molar-refractivity contribution in [3.05, 3.63) is 30.0 Å². The van der Waals surface area contributed by atoms with E-state index in [1.165, 1.54) is 10.9 Å². The van der Waals surface area contributed by atoms with Gasteiger partial charge in [-0.05, 0) is 26.0 Å². The summed E-state index contributed by atoms with van der Waals surface area (Å²) in [5.74, 6) is 0. The standard InChI is InChI=1S/C15H22N4S/c1-3-9-18(11-15(16)20)10-13-12-7-5-6-8-14(12)19(4-2)17-13/h5-8H,3-4,9-11H2,1-2H3,(H2,16,20). The highest BCUT2D eigenvalue weighted by molar-refractivity contribution is 7.80. The van der Waals surface area contributed by atoms with E-state index in [1.807, 2.05) is 0 Å². The van der Waals surface area contributed by atoms with Crippen LogP contribution in [0, 0.1) is 0 Å². The second-order valence-electron chi connectivity index (χ2n) is 4.96. The molecule has 0 bridgehead atoms. The van der Waals surface area contributed by atoms with Crippen LogP contribution in [0.3, 0.4) is 0 Å². The largest absolute Gasteiger partial charge is 0.392 e. The number of thiocarbonyl (C=S) groups is 1. The molecule has 0 saturated heterocycles. The Morgan fingerprint density at radius 3 is 2.75 bits per heavy atom. The van der Waals surface area contributed by atoms with Crippen LogP contribution in [0.5, 0.6) is 0 Å². The number of nitrogens with zero attached hydrogens (tertiary/aromatic N) is 3. The van der Waals surface area contributed by atoms with Crippen LogP contribution >= 0.6 is 12.2 Å². The molecule has 1 heterocycles. The molecule has 0 unspecified atom stereocenters. The third-order valence-corrected chi connectivity index (χ3v) is 3.46. The molecule has 0 aliphatic heterocycles. The maximum Gasteiger partial charge on any atom is 0.0870 e. The summed E-state index contributed by atoms with van der Waals surface area (Å²) >= 11 is 5.04. The minimum atomic E-state index is 0.540. The van der Waals surface area contributed by atoms with Gasteiger partial charge in [-0.15, -0.1) is 0 Å². The fourth-order valence-corrected chi connectivity index (χ4v) is 2.70. The monoisotopic (exact) mass is 290 g/mol. The van der Waals surface area contributed by atoms with E-state index in [9.17, 15) is 0 Å². The van der Waals surface area contributed by atoms with E-state index in [0.29, 0.717) is 11.5 Å². The van der Waals surface area contributed by atoms with Crippen molar-refractivity contribution in [2.45, 2.75) is 33.4 Å². The van der Waals surface area contributed by atoms with Crippen LogP contribution in [0.2, 0.25) is 0 Å². The molecule has 0 amide bonds. The summed E-state index contributed by atoms with van der Waals surface area (Å²) in [4.78, 5) is 2.80. The number of hydrogen-bond donors (Lipinski definition) is 1. The summed E-state index contributed by atoms with van der Waals surface area (Å²) in [6, 6.07) is 8.37. The molecule has 0 saturated carbocycles. The Morgan fingerprint density at radius 1 is 1.35 bits per heavy atom. The molecular formula is C15H22N4S. The van der Waals surface area contributed by atoms with Gasteiger partial charge in [0.25, 0.3) is 0 Å². The Labute approximate surface area is 125 Å². The molecule has 2 N–H and O–H groups in total. The van der Waals surface area contributed by atoms with Gasteiger partial charge in [0.1, 0.15) is 0 Å². The highest BCUT2D eigenvalue weighted by Crippen LogP contribution is 2.19. The minimum absolute atomic E-state index is 0.540. The Bertz CT molecular complexity index is 591. The van der Waals surface area contributed by atoms with Gasteiger partial charge in [-0.25, -0.2) is 0 Å². The van der Waals surface area contributed by atoms with Crippen LogP contribution in [0.25, 0.3) is 10.9 Å². The molecule has 0 radical (unpaired) electrons. The first-order valence-corrected chi connectivity index (χ1v) is 7.51. The third kappa shape index (κ3) is 3.35. The van der Waals surface area contributed by atoms with E-state index in [1.54, 1.807) is 0 Å². The van der Waals surface area contributed by atoms with Crippen LogP contribution in [0.4, 0.5) is 0 Å². The predicted molar refractivity (Wildman–Crippen MR) is 87.8 cm³/mol. The molecule has 2 rings (SSSR count). The molecule has 1 aromatic carbocycles.